The molecule has 0 aliphatic heterocycles. The maximum Gasteiger partial charge on any atom is 0.142 e. The van der Waals surface area contributed by atoms with Crippen LogP contribution in [0.5, 0.6) is 5.75 Å². The highest BCUT2D eigenvalue weighted by atomic mass is 16.5. The molecule has 2 aromatic rings. The van der Waals surface area contributed by atoms with Crippen molar-refractivity contribution in [2.75, 3.05) is 18.9 Å². The van der Waals surface area contributed by atoms with Crippen molar-refractivity contribution >= 4 is 5.69 Å². The molecule has 0 amide bonds. The normalized spacial score (nSPS) is 10.5. The van der Waals surface area contributed by atoms with Gasteiger partial charge in [0, 0.05) is 6.54 Å². The Balaban J connectivity index is 1.70. The molecule has 112 valence electrons. The van der Waals surface area contributed by atoms with Crippen LogP contribution in [0.3, 0.4) is 0 Å². The van der Waals surface area contributed by atoms with Crippen molar-refractivity contribution in [1.82, 2.24) is 5.32 Å². The zero-order chi connectivity index (χ0) is 14.9. The number of rotatable bonds is 8. The number of benzene rings is 2. The molecule has 0 saturated carbocycles. The van der Waals surface area contributed by atoms with Gasteiger partial charge >= 0.3 is 0 Å². The van der Waals surface area contributed by atoms with E-state index in [1.165, 1.54) is 11.1 Å². The monoisotopic (exact) mass is 284 g/mol. The number of nitrogen functional groups attached to an aromatic ring is 1. The predicted molar refractivity (Wildman–Crippen MR) is 88.5 cm³/mol. The maximum atomic E-state index is 5.97. The van der Waals surface area contributed by atoms with E-state index in [0.29, 0.717) is 6.61 Å². The first kappa shape index (κ1) is 15.4. The van der Waals surface area contributed by atoms with Crippen LogP contribution in [-0.4, -0.2) is 13.2 Å². The summed E-state index contributed by atoms with van der Waals surface area (Å²) in [4.78, 5) is 0. The molecule has 2 rings (SSSR count). The number of anilines is 1. The van der Waals surface area contributed by atoms with E-state index in [4.69, 9.17) is 10.5 Å². The average molecular weight is 284 g/mol. The predicted octanol–water partition coefficient (Wildman–Crippen LogP) is 3.39. The molecule has 0 spiro atoms. The van der Waals surface area contributed by atoms with Crippen LogP contribution < -0.4 is 15.8 Å². The number of ether oxygens (including phenoxy) is 1. The van der Waals surface area contributed by atoms with Gasteiger partial charge in [0.2, 0.25) is 0 Å². The van der Waals surface area contributed by atoms with E-state index in [9.17, 15) is 0 Å². The van der Waals surface area contributed by atoms with Crippen LogP contribution in [0.1, 0.15) is 24.5 Å². The molecule has 0 radical (unpaired) electrons. The summed E-state index contributed by atoms with van der Waals surface area (Å²) in [6.45, 7) is 4.53. The van der Waals surface area contributed by atoms with Crippen LogP contribution in [0.2, 0.25) is 0 Å². The second kappa shape index (κ2) is 8.32. The summed E-state index contributed by atoms with van der Waals surface area (Å²) < 4.78 is 5.45. The van der Waals surface area contributed by atoms with Gasteiger partial charge in [-0.2, -0.15) is 0 Å². The molecule has 3 N–H and O–H groups in total. The summed E-state index contributed by atoms with van der Waals surface area (Å²) in [7, 11) is 0. The van der Waals surface area contributed by atoms with E-state index in [0.717, 1.165) is 37.4 Å². The highest BCUT2D eigenvalue weighted by Gasteiger charge is 2.01. The minimum atomic E-state index is 0.646. The van der Waals surface area contributed by atoms with E-state index in [1.807, 2.05) is 25.1 Å². The molecule has 0 saturated heterocycles. The molecule has 0 heterocycles. The summed E-state index contributed by atoms with van der Waals surface area (Å²) in [6.07, 6.45) is 2.12. The third kappa shape index (κ3) is 5.12. The summed E-state index contributed by atoms with van der Waals surface area (Å²) >= 11 is 0. The van der Waals surface area contributed by atoms with E-state index in [1.54, 1.807) is 0 Å². The van der Waals surface area contributed by atoms with Gasteiger partial charge in [0.1, 0.15) is 5.75 Å². The number of hydrogen-bond donors (Lipinski definition) is 2. The van der Waals surface area contributed by atoms with E-state index in [2.05, 4.69) is 35.6 Å². The number of aryl methyl sites for hydroxylation is 1. The molecule has 0 unspecified atom stereocenters. The zero-order valence-electron chi connectivity index (χ0n) is 12.6. The van der Waals surface area contributed by atoms with Crippen molar-refractivity contribution in [2.45, 2.75) is 26.3 Å². The van der Waals surface area contributed by atoms with Crippen LogP contribution in [0.4, 0.5) is 5.69 Å². The molecule has 0 aliphatic carbocycles. The SMILES string of the molecule is CCOc1ccc(CCCNCc2ccccc2)cc1N. The number of nitrogens with one attached hydrogen (secondary N) is 1. The van der Waals surface area contributed by atoms with Crippen LogP contribution in [-0.2, 0) is 13.0 Å². The fourth-order valence-corrected chi connectivity index (χ4v) is 2.29. The molecule has 3 heteroatoms. The second-order valence-corrected chi connectivity index (χ2v) is 5.07. The summed E-state index contributed by atoms with van der Waals surface area (Å²) in [5.41, 5.74) is 9.29. The molecular formula is C18H24N2O. The molecule has 0 aliphatic rings. The average Bonchev–Trinajstić information content (AvgIpc) is 2.51. The lowest BCUT2D eigenvalue weighted by Crippen LogP contribution is -2.15. The Kier molecular flexibility index (Phi) is 6.10. The summed E-state index contributed by atoms with van der Waals surface area (Å²) in [6, 6.07) is 16.5. The van der Waals surface area contributed by atoms with Crippen LogP contribution >= 0.6 is 0 Å². The smallest absolute Gasteiger partial charge is 0.142 e. The van der Waals surface area contributed by atoms with Crippen molar-refractivity contribution < 1.29 is 4.74 Å². The largest absolute Gasteiger partial charge is 0.492 e. The Labute approximate surface area is 127 Å². The van der Waals surface area contributed by atoms with Gasteiger partial charge in [-0.25, -0.2) is 0 Å². The van der Waals surface area contributed by atoms with Gasteiger partial charge in [-0.15, -0.1) is 0 Å². The van der Waals surface area contributed by atoms with Gasteiger partial charge in [0.05, 0.1) is 12.3 Å². The molecule has 0 fully saturated rings. The topological polar surface area (TPSA) is 47.3 Å². The standard InChI is InChI=1S/C18H24N2O/c1-2-21-18-11-10-15(13-17(18)19)9-6-12-20-14-16-7-4-3-5-8-16/h3-5,7-8,10-11,13,20H,2,6,9,12,14,19H2,1H3. The quantitative estimate of drug-likeness (QED) is 0.577. The third-order valence-electron chi connectivity index (χ3n) is 3.36. The first-order valence-corrected chi connectivity index (χ1v) is 7.55. The Morgan fingerprint density at radius 2 is 1.86 bits per heavy atom. The first-order chi connectivity index (χ1) is 10.3. The third-order valence-corrected chi connectivity index (χ3v) is 3.36. The van der Waals surface area contributed by atoms with E-state index >= 15 is 0 Å². The number of hydrogen-bond acceptors (Lipinski definition) is 3. The second-order valence-electron chi connectivity index (χ2n) is 5.07. The van der Waals surface area contributed by atoms with Crippen LogP contribution in [0.25, 0.3) is 0 Å². The highest BCUT2D eigenvalue weighted by molar-refractivity contribution is 5.54. The fourth-order valence-electron chi connectivity index (χ4n) is 2.29. The highest BCUT2D eigenvalue weighted by Crippen LogP contribution is 2.22. The summed E-state index contributed by atoms with van der Waals surface area (Å²) in [5, 5.41) is 3.46. The van der Waals surface area contributed by atoms with E-state index in [-0.39, 0.29) is 0 Å². The van der Waals surface area contributed by atoms with Crippen molar-refractivity contribution in [2.24, 2.45) is 0 Å². The fraction of sp³-hybridized carbons (Fsp3) is 0.333. The van der Waals surface area contributed by atoms with Gasteiger partial charge in [-0.1, -0.05) is 36.4 Å². The Morgan fingerprint density at radius 1 is 1.05 bits per heavy atom. The Morgan fingerprint density at radius 3 is 2.57 bits per heavy atom. The minimum Gasteiger partial charge on any atom is -0.492 e. The molecule has 0 aromatic heterocycles. The lowest BCUT2D eigenvalue weighted by atomic mass is 10.1. The maximum absolute atomic E-state index is 5.97. The molecular weight excluding hydrogens is 260 g/mol. The molecule has 2 aromatic carbocycles. The van der Waals surface area contributed by atoms with Gasteiger partial charge in [0.25, 0.3) is 0 Å². The molecule has 0 atom stereocenters. The summed E-state index contributed by atoms with van der Waals surface area (Å²) in [5.74, 6) is 0.781. The van der Waals surface area contributed by atoms with Crippen molar-refractivity contribution in [3.05, 3.63) is 59.7 Å². The van der Waals surface area contributed by atoms with Crippen LogP contribution in [0, 0.1) is 0 Å². The number of nitrogens with two attached hydrogens (primary N) is 1. The van der Waals surface area contributed by atoms with E-state index < -0.39 is 0 Å². The first-order valence-electron chi connectivity index (χ1n) is 7.55. The zero-order valence-corrected chi connectivity index (χ0v) is 12.6. The van der Waals surface area contributed by atoms with Crippen molar-refractivity contribution in [3.8, 4) is 5.75 Å². The molecule has 21 heavy (non-hydrogen) atoms. The van der Waals surface area contributed by atoms with Gasteiger partial charge in [0.15, 0.2) is 0 Å². The lowest BCUT2D eigenvalue weighted by Gasteiger charge is -2.09. The minimum absolute atomic E-state index is 0.646. The van der Waals surface area contributed by atoms with Gasteiger partial charge in [-0.05, 0) is 49.6 Å². The van der Waals surface area contributed by atoms with Crippen molar-refractivity contribution in [3.63, 3.8) is 0 Å². The molecule has 0 bridgehead atoms. The Bertz CT molecular complexity index is 540. The lowest BCUT2D eigenvalue weighted by molar-refractivity contribution is 0.342. The van der Waals surface area contributed by atoms with Gasteiger partial charge in [-0.3, -0.25) is 0 Å². The van der Waals surface area contributed by atoms with Crippen molar-refractivity contribution in [1.29, 1.82) is 0 Å². The Hall–Kier alpha value is -2.00. The van der Waals surface area contributed by atoms with Gasteiger partial charge < -0.3 is 15.8 Å². The van der Waals surface area contributed by atoms with Crippen LogP contribution in [0.15, 0.2) is 48.5 Å². The molecule has 3 nitrogen and oxygen atoms in total.